The quantitative estimate of drug-likeness (QED) is 0.483. The van der Waals surface area contributed by atoms with E-state index in [4.69, 9.17) is 11.5 Å². The Hall–Kier alpha value is 0.504. The third-order valence-corrected chi connectivity index (χ3v) is 0.125. The first-order valence-electron chi connectivity index (χ1n) is 1.21. The van der Waals surface area contributed by atoms with Crippen LogP contribution in [0.4, 0.5) is 0 Å². The number of hydrogen-bond donors (Lipinski definition) is 0. The second-order valence-corrected chi connectivity index (χ2v) is 0.500. The van der Waals surface area contributed by atoms with E-state index in [0.29, 0.717) is 0 Å². The first-order valence-corrected chi connectivity index (χ1v) is 1.21. The molecule has 2 N–H and O–H groups in total. The van der Waals surface area contributed by atoms with Gasteiger partial charge in [0.05, 0.1) is 0 Å². The van der Waals surface area contributed by atoms with Gasteiger partial charge in [0.1, 0.15) is 0 Å². The van der Waals surface area contributed by atoms with E-state index in [9.17, 15) is 0 Å². The van der Waals surface area contributed by atoms with E-state index in [1.54, 1.807) is 0 Å². The van der Waals surface area contributed by atoms with Crippen LogP contribution in [0.25, 0.3) is 11.5 Å². The molecule has 0 aliphatic rings. The molecule has 0 aromatic rings. The van der Waals surface area contributed by atoms with Crippen molar-refractivity contribution in [3.63, 3.8) is 0 Å². The van der Waals surface area contributed by atoms with Crippen LogP contribution in [0.2, 0.25) is 0 Å². The van der Waals surface area contributed by atoms with Gasteiger partial charge in [-0.1, -0.05) is 0 Å². The van der Waals surface area contributed by atoms with Crippen molar-refractivity contribution in [2.75, 3.05) is 13.1 Å². The molecule has 1 radical (unpaired) electrons. The molecule has 0 spiro atoms. The maximum absolute atomic E-state index is 6.26. The van der Waals surface area contributed by atoms with Crippen LogP contribution in [0.1, 0.15) is 0 Å². The summed E-state index contributed by atoms with van der Waals surface area (Å²) in [6.07, 6.45) is 0. The molecule has 0 saturated carbocycles. The van der Waals surface area contributed by atoms with Crippen LogP contribution >= 0.6 is 0 Å². The van der Waals surface area contributed by atoms with Crippen molar-refractivity contribution >= 4 is 0 Å². The summed E-state index contributed by atoms with van der Waals surface area (Å²) in [5.74, 6) is 0. The van der Waals surface area contributed by atoms with Gasteiger partial charge in [0.25, 0.3) is 0 Å². The third-order valence-electron chi connectivity index (χ3n) is 0.125. The van der Waals surface area contributed by atoms with Gasteiger partial charge < -0.3 is 11.5 Å². The molecular weight excluding hydrogens is 103 g/mol. The van der Waals surface area contributed by atoms with E-state index in [1.807, 2.05) is 0 Å². The fourth-order valence-electron chi connectivity index (χ4n) is 0. The van der Waals surface area contributed by atoms with Gasteiger partial charge in [-0.15, -0.1) is 0 Å². The van der Waals surface area contributed by atoms with Crippen molar-refractivity contribution in [1.82, 2.24) is 0 Å². The molecule has 0 atom stereocenters. The predicted molar refractivity (Wildman–Crippen MR) is 18.4 cm³/mol. The van der Waals surface area contributed by atoms with Gasteiger partial charge in [-0.2, -0.15) is 13.1 Å². The fraction of sp³-hybridized carbons (Fsp3) is 1.00. The zero-order valence-corrected chi connectivity index (χ0v) is 4.26. The van der Waals surface area contributed by atoms with Crippen LogP contribution in [0.15, 0.2) is 0 Å². The summed E-state index contributed by atoms with van der Waals surface area (Å²) in [7, 11) is 0. The second-order valence-electron chi connectivity index (χ2n) is 0.500. The average molecular weight is 109 g/mol. The molecule has 2 nitrogen and oxygen atoms in total. The minimum Gasteiger partial charge on any atom is -0.679 e. The van der Waals surface area contributed by atoms with Crippen molar-refractivity contribution in [2.24, 2.45) is 0 Å². The smallest absolute Gasteiger partial charge is 0.679 e. The molecule has 3 heteroatoms. The van der Waals surface area contributed by atoms with Crippen LogP contribution < -0.4 is 0 Å². The molecule has 0 heterocycles. The first kappa shape index (κ1) is 9.09. The van der Waals surface area contributed by atoms with E-state index in [0.717, 1.165) is 0 Å². The SMILES string of the molecule is [NH-]CC[NH-].[V+2]. The predicted octanol–water partition coefficient (Wildman–Crippen LogP) is 1.09. The minimum absolute atomic E-state index is 0. The maximum Gasteiger partial charge on any atom is 2.00 e. The number of rotatable bonds is 1. The minimum atomic E-state index is 0. The molecule has 0 bridgehead atoms. The summed E-state index contributed by atoms with van der Waals surface area (Å²) in [5.41, 5.74) is 12.5. The summed E-state index contributed by atoms with van der Waals surface area (Å²) >= 11 is 0. The monoisotopic (exact) mass is 109 g/mol. The molecule has 0 fully saturated rings. The Morgan fingerprint density at radius 1 is 1.00 bits per heavy atom. The Balaban J connectivity index is 0. The van der Waals surface area contributed by atoms with Gasteiger partial charge in [0.15, 0.2) is 0 Å². The van der Waals surface area contributed by atoms with Crippen molar-refractivity contribution in [3.05, 3.63) is 11.5 Å². The zero-order valence-electron chi connectivity index (χ0n) is 2.86. The standard InChI is InChI=1S/C2H6N2.V/c3-1-2-4;/h3-4H,1-2H2;/q-2;+2. The van der Waals surface area contributed by atoms with E-state index >= 15 is 0 Å². The molecule has 0 rings (SSSR count). The normalized spacial score (nSPS) is 6.00. The van der Waals surface area contributed by atoms with Crippen LogP contribution in [-0.2, 0) is 18.6 Å². The summed E-state index contributed by atoms with van der Waals surface area (Å²) in [5, 5.41) is 0. The molecule has 0 aliphatic carbocycles. The maximum atomic E-state index is 6.26. The van der Waals surface area contributed by atoms with E-state index in [2.05, 4.69) is 0 Å². The molecule has 0 saturated heterocycles. The molecule has 0 amide bonds. The van der Waals surface area contributed by atoms with Crippen molar-refractivity contribution in [1.29, 1.82) is 0 Å². The third kappa shape index (κ3) is 12.5. The molecular formula is C2H6N2V. The van der Waals surface area contributed by atoms with E-state index in [1.165, 1.54) is 0 Å². The molecule has 0 unspecified atom stereocenters. The summed E-state index contributed by atoms with van der Waals surface area (Å²) in [4.78, 5) is 0. The number of nitrogens with one attached hydrogen (secondary N) is 2. The average Bonchev–Trinajstić information content (AvgIpc) is 1.37. The van der Waals surface area contributed by atoms with Gasteiger partial charge in [-0.3, -0.25) is 0 Å². The Bertz CT molecular complexity index is 9.61. The fourth-order valence-corrected chi connectivity index (χ4v) is 0. The van der Waals surface area contributed by atoms with Gasteiger partial charge in [-0.25, -0.2) is 0 Å². The Morgan fingerprint density at radius 2 is 1.20 bits per heavy atom. The molecule has 0 aromatic carbocycles. The molecule has 0 aliphatic heterocycles. The van der Waals surface area contributed by atoms with Crippen LogP contribution in [0, 0.1) is 0 Å². The largest absolute Gasteiger partial charge is 2.00 e. The summed E-state index contributed by atoms with van der Waals surface area (Å²) in [6.45, 7) is 0.472. The van der Waals surface area contributed by atoms with Gasteiger partial charge >= 0.3 is 18.6 Å². The summed E-state index contributed by atoms with van der Waals surface area (Å²) in [6, 6.07) is 0. The van der Waals surface area contributed by atoms with Gasteiger partial charge in [0.2, 0.25) is 0 Å². The number of hydrogen-bond acceptors (Lipinski definition) is 0. The summed E-state index contributed by atoms with van der Waals surface area (Å²) < 4.78 is 0. The van der Waals surface area contributed by atoms with Gasteiger partial charge in [0, 0.05) is 0 Å². The Labute approximate surface area is 43.8 Å². The second kappa shape index (κ2) is 8.82. The van der Waals surface area contributed by atoms with Crippen molar-refractivity contribution in [3.8, 4) is 0 Å². The van der Waals surface area contributed by atoms with Crippen molar-refractivity contribution in [2.45, 2.75) is 0 Å². The van der Waals surface area contributed by atoms with E-state index in [-0.39, 0.29) is 31.6 Å². The van der Waals surface area contributed by atoms with Crippen molar-refractivity contribution < 1.29 is 18.6 Å². The Morgan fingerprint density at radius 3 is 1.20 bits per heavy atom. The van der Waals surface area contributed by atoms with E-state index < -0.39 is 0 Å². The Kier molecular flexibility index (Phi) is 16.0. The molecule has 5 heavy (non-hydrogen) atoms. The molecule has 29 valence electrons. The van der Waals surface area contributed by atoms with Crippen LogP contribution in [-0.4, -0.2) is 13.1 Å². The topological polar surface area (TPSA) is 47.6 Å². The van der Waals surface area contributed by atoms with Crippen LogP contribution in [0.3, 0.4) is 0 Å². The zero-order chi connectivity index (χ0) is 3.41. The first-order chi connectivity index (χ1) is 1.91. The van der Waals surface area contributed by atoms with Crippen LogP contribution in [0.5, 0.6) is 0 Å². The van der Waals surface area contributed by atoms with Gasteiger partial charge in [-0.05, 0) is 0 Å². The molecule has 0 aromatic heterocycles.